The second kappa shape index (κ2) is 3.40. The van der Waals surface area contributed by atoms with Crippen molar-refractivity contribution in [3.05, 3.63) is 18.3 Å². The van der Waals surface area contributed by atoms with Crippen molar-refractivity contribution < 1.29 is 0 Å². The van der Waals surface area contributed by atoms with Gasteiger partial charge in [0.15, 0.2) is 5.82 Å². The van der Waals surface area contributed by atoms with Crippen LogP contribution in [0.2, 0.25) is 0 Å². The number of nitrogens with zero attached hydrogens (tertiary/aromatic N) is 3. The van der Waals surface area contributed by atoms with Crippen LogP contribution in [0.15, 0.2) is 18.3 Å². The molecule has 0 aromatic carbocycles. The van der Waals surface area contributed by atoms with E-state index in [0.29, 0.717) is 0 Å². The first-order chi connectivity index (χ1) is 7.00. The lowest BCUT2D eigenvalue weighted by Gasteiger charge is -2.43. The van der Waals surface area contributed by atoms with Gasteiger partial charge in [-0.3, -0.25) is 0 Å². The van der Waals surface area contributed by atoms with Gasteiger partial charge in [0, 0.05) is 31.9 Å². The first kappa shape index (κ1) is 10.3. The Balaban J connectivity index is 2.45. The van der Waals surface area contributed by atoms with E-state index in [1.165, 1.54) is 5.69 Å². The third-order valence-electron chi connectivity index (χ3n) is 2.90. The predicted molar refractivity (Wildman–Crippen MR) is 64.6 cm³/mol. The van der Waals surface area contributed by atoms with Crippen molar-refractivity contribution in [1.82, 2.24) is 4.98 Å². The van der Waals surface area contributed by atoms with E-state index in [-0.39, 0.29) is 5.54 Å². The summed E-state index contributed by atoms with van der Waals surface area (Å²) in [7, 11) is 2.13. The molecule has 0 fully saturated rings. The highest BCUT2D eigenvalue weighted by molar-refractivity contribution is 5.69. The number of pyridine rings is 1. The minimum Gasteiger partial charge on any atom is -0.370 e. The Kier molecular flexibility index (Phi) is 2.33. The van der Waals surface area contributed by atoms with Gasteiger partial charge in [0.2, 0.25) is 0 Å². The number of anilines is 2. The Morgan fingerprint density at radius 3 is 2.67 bits per heavy atom. The summed E-state index contributed by atoms with van der Waals surface area (Å²) in [5.74, 6) is 1.11. The maximum absolute atomic E-state index is 4.50. The van der Waals surface area contributed by atoms with Gasteiger partial charge in [0.25, 0.3) is 0 Å². The van der Waals surface area contributed by atoms with Crippen LogP contribution in [0.5, 0.6) is 0 Å². The van der Waals surface area contributed by atoms with E-state index in [9.17, 15) is 0 Å². The van der Waals surface area contributed by atoms with Crippen molar-refractivity contribution in [2.24, 2.45) is 0 Å². The van der Waals surface area contributed by atoms with Gasteiger partial charge in [0.05, 0.1) is 5.69 Å². The molecule has 0 N–H and O–H groups in total. The molecule has 0 amide bonds. The lowest BCUT2D eigenvalue weighted by molar-refractivity contribution is 0.491. The molecule has 1 aromatic rings. The monoisotopic (exact) mass is 205 g/mol. The maximum Gasteiger partial charge on any atom is 0.152 e. The van der Waals surface area contributed by atoms with Gasteiger partial charge >= 0.3 is 0 Å². The van der Waals surface area contributed by atoms with Crippen LogP contribution in [-0.2, 0) is 0 Å². The molecular formula is C12H19N3. The van der Waals surface area contributed by atoms with Crippen molar-refractivity contribution in [2.45, 2.75) is 26.3 Å². The van der Waals surface area contributed by atoms with Gasteiger partial charge in [-0.1, -0.05) is 0 Å². The van der Waals surface area contributed by atoms with E-state index in [2.05, 4.69) is 48.7 Å². The molecule has 1 aliphatic heterocycles. The Morgan fingerprint density at radius 1 is 1.27 bits per heavy atom. The quantitative estimate of drug-likeness (QED) is 0.647. The molecule has 0 radical (unpaired) electrons. The molecule has 82 valence electrons. The molecule has 1 aliphatic rings. The first-order valence-corrected chi connectivity index (χ1v) is 5.44. The van der Waals surface area contributed by atoms with Crippen LogP contribution in [0, 0.1) is 0 Å². The minimum absolute atomic E-state index is 0.143. The van der Waals surface area contributed by atoms with Crippen LogP contribution < -0.4 is 9.80 Å². The van der Waals surface area contributed by atoms with Crippen molar-refractivity contribution >= 4 is 11.5 Å². The van der Waals surface area contributed by atoms with Crippen molar-refractivity contribution in [3.63, 3.8) is 0 Å². The van der Waals surface area contributed by atoms with E-state index in [1.54, 1.807) is 0 Å². The van der Waals surface area contributed by atoms with Crippen LogP contribution in [0.25, 0.3) is 0 Å². The Labute approximate surface area is 91.7 Å². The number of rotatable bonds is 0. The van der Waals surface area contributed by atoms with Crippen LogP contribution >= 0.6 is 0 Å². The Hall–Kier alpha value is -1.25. The summed E-state index contributed by atoms with van der Waals surface area (Å²) in [6, 6.07) is 4.14. The normalized spacial score (nSPS) is 16.5. The fraction of sp³-hybridized carbons (Fsp3) is 0.583. The standard InChI is InChI=1S/C12H19N3/c1-12(2,3)15-9-8-14(4)10-6-5-7-13-11(10)15/h5-7H,8-9H2,1-4H3. The van der Waals surface area contributed by atoms with Gasteiger partial charge in [0.1, 0.15) is 0 Å². The summed E-state index contributed by atoms with van der Waals surface area (Å²) in [5.41, 5.74) is 1.38. The predicted octanol–water partition coefficient (Wildman–Crippen LogP) is 2.14. The van der Waals surface area contributed by atoms with Crippen molar-refractivity contribution in [3.8, 4) is 0 Å². The average molecular weight is 205 g/mol. The van der Waals surface area contributed by atoms with Gasteiger partial charge in [-0.15, -0.1) is 0 Å². The highest BCUT2D eigenvalue weighted by Crippen LogP contribution is 2.33. The average Bonchev–Trinajstić information content (AvgIpc) is 2.17. The van der Waals surface area contributed by atoms with Gasteiger partial charge in [-0.25, -0.2) is 4.98 Å². The highest BCUT2D eigenvalue weighted by atomic mass is 15.3. The molecule has 0 unspecified atom stereocenters. The second-order valence-electron chi connectivity index (χ2n) is 5.09. The van der Waals surface area contributed by atoms with Gasteiger partial charge in [-0.05, 0) is 32.9 Å². The van der Waals surface area contributed by atoms with Gasteiger partial charge < -0.3 is 9.80 Å². The van der Waals surface area contributed by atoms with Crippen molar-refractivity contribution in [1.29, 1.82) is 0 Å². The molecule has 0 aliphatic carbocycles. The van der Waals surface area contributed by atoms with Crippen LogP contribution in [-0.4, -0.2) is 30.7 Å². The molecule has 0 bridgehead atoms. The van der Waals surface area contributed by atoms with Crippen LogP contribution in [0.3, 0.4) is 0 Å². The molecule has 2 heterocycles. The zero-order chi connectivity index (χ0) is 11.1. The second-order valence-corrected chi connectivity index (χ2v) is 5.09. The topological polar surface area (TPSA) is 19.4 Å². The first-order valence-electron chi connectivity index (χ1n) is 5.44. The summed E-state index contributed by atoms with van der Waals surface area (Å²) in [6.45, 7) is 8.81. The molecule has 2 rings (SSSR count). The minimum atomic E-state index is 0.143. The molecule has 15 heavy (non-hydrogen) atoms. The summed E-state index contributed by atoms with van der Waals surface area (Å²) in [4.78, 5) is 9.15. The van der Waals surface area contributed by atoms with Crippen LogP contribution in [0.4, 0.5) is 11.5 Å². The maximum atomic E-state index is 4.50. The number of fused-ring (bicyclic) bond motifs is 1. The molecule has 0 spiro atoms. The molecule has 3 nitrogen and oxygen atoms in total. The third-order valence-corrected chi connectivity index (χ3v) is 2.90. The number of aromatic nitrogens is 1. The molecule has 0 saturated carbocycles. The number of hydrogen-bond acceptors (Lipinski definition) is 3. The summed E-state index contributed by atoms with van der Waals surface area (Å²) >= 11 is 0. The molecule has 3 heteroatoms. The number of hydrogen-bond donors (Lipinski definition) is 0. The van der Waals surface area contributed by atoms with E-state index in [4.69, 9.17) is 0 Å². The van der Waals surface area contributed by atoms with Gasteiger partial charge in [-0.2, -0.15) is 0 Å². The lowest BCUT2D eigenvalue weighted by Crippen LogP contribution is -2.49. The third kappa shape index (κ3) is 1.78. The SMILES string of the molecule is CN1CCN(C(C)(C)C)c2ncccc21. The summed E-state index contributed by atoms with van der Waals surface area (Å²) in [6.07, 6.45) is 1.87. The molecule has 1 aromatic heterocycles. The highest BCUT2D eigenvalue weighted by Gasteiger charge is 2.29. The summed E-state index contributed by atoms with van der Waals surface area (Å²) in [5, 5.41) is 0. The van der Waals surface area contributed by atoms with E-state index < -0.39 is 0 Å². The smallest absolute Gasteiger partial charge is 0.152 e. The summed E-state index contributed by atoms with van der Waals surface area (Å²) < 4.78 is 0. The molecule has 0 saturated heterocycles. The fourth-order valence-corrected chi connectivity index (χ4v) is 2.02. The van der Waals surface area contributed by atoms with Crippen molar-refractivity contribution in [2.75, 3.05) is 29.9 Å². The number of likely N-dealkylation sites (N-methyl/N-ethyl adjacent to an activating group) is 1. The van der Waals surface area contributed by atoms with Crippen LogP contribution in [0.1, 0.15) is 20.8 Å². The fourth-order valence-electron chi connectivity index (χ4n) is 2.02. The molecule has 0 atom stereocenters. The van der Waals surface area contributed by atoms with E-state index >= 15 is 0 Å². The lowest BCUT2D eigenvalue weighted by atomic mass is 10.0. The van der Waals surface area contributed by atoms with E-state index in [0.717, 1.165) is 18.9 Å². The molecular weight excluding hydrogens is 186 g/mol. The zero-order valence-corrected chi connectivity index (χ0v) is 9.99. The zero-order valence-electron chi connectivity index (χ0n) is 9.99. The Bertz CT molecular complexity index is 354. The van der Waals surface area contributed by atoms with E-state index in [1.807, 2.05) is 12.3 Å². The largest absolute Gasteiger partial charge is 0.370 e. The Morgan fingerprint density at radius 2 is 2.00 bits per heavy atom.